The van der Waals surface area contributed by atoms with Crippen molar-refractivity contribution >= 4 is 35.2 Å². The van der Waals surface area contributed by atoms with Gasteiger partial charge in [-0.25, -0.2) is 0 Å². The molecule has 3 heterocycles. The molecular weight excluding hydrogens is 880 g/mol. The number of aryl methyl sites for hydroxylation is 1. The number of hydrogen-bond donors (Lipinski definition) is 3. The van der Waals surface area contributed by atoms with Crippen LogP contribution in [0, 0.1) is 65.1 Å². The number of aliphatic hydroxyl groups is 1. The topological polar surface area (TPSA) is 178 Å². The van der Waals surface area contributed by atoms with Crippen molar-refractivity contribution in [3.05, 3.63) is 117 Å². The number of carbonyl (C=O) groups excluding carboxylic acids is 4. The fraction of sp³-hybridized carbons (Fsp3) is 0.444. The molecule has 0 spiro atoms. The maximum absolute atomic E-state index is 14.1. The number of carbonyl (C=O) groups is 4. The van der Waals surface area contributed by atoms with Crippen LogP contribution in [0.4, 0.5) is 0 Å². The van der Waals surface area contributed by atoms with Gasteiger partial charge in [0.05, 0.1) is 34.8 Å². The highest BCUT2D eigenvalue weighted by Crippen LogP contribution is 2.55. The quantitative estimate of drug-likeness (QED) is 0.123. The molecule has 0 bridgehead atoms. The van der Waals surface area contributed by atoms with Gasteiger partial charge in [0, 0.05) is 77.7 Å². The van der Waals surface area contributed by atoms with Crippen molar-refractivity contribution < 1.29 is 33.5 Å². The fourth-order valence-corrected chi connectivity index (χ4v) is 10.6. The minimum atomic E-state index is -0.960. The second kappa shape index (κ2) is 20.3. The SMILES string of the molecule is C#Cc1ccc(C(CC(=O)N2CCC(C#Cc3ccc(C(=O)NC4C(C)(C)C(Oc5ccc(C#N)c(Cl)c5)C4(C)C)cc3)CC2)NC(=O)C2CC(O)CN2C(=O)C(c2cc(C)no2)C(C)C)cc1. The van der Waals surface area contributed by atoms with Crippen LogP contribution in [0.5, 0.6) is 5.75 Å². The molecule has 2 aliphatic heterocycles. The first kappa shape index (κ1) is 49.3. The number of amides is 4. The van der Waals surface area contributed by atoms with E-state index in [0.29, 0.717) is 70.4 Å². The molecule has 3 fully saturated rings. The van der Waals surface area contributed by atoms with E-state index in [1.165, 1.54) is 4.90 Å². The van der Waals surface area contributed by atoms with E-state index in [1.54, 1.807) is 72.5 Å². The number of hydrogen-bond acceptors (Lipinski definition) is 9. The van der Waals surface area contributed by atoms with Gasteiger partial charge in [0.1, 0.15) is 35.6 Å². The molecule has 1 aromatic heterocycles. The number of nitriles is 1. The number of piperidine rings is 1. The molecule has 14 heteroatoms. The van der Waals surface area contributed by atoms with Crippen LogP contribution >= 0.6 is 11.6 Å². The largest absolute Gasteiger partial charge is 0.489 e. The van der Waals surface area contributed by atoms with Crippen LogP contribution in [0.15, 0.2) is 77.3 Å². The van der Waals surface area contributed by atoms with Gasteiger partial charge in [-0.1, -0.05) is 88.2 Å². The Kier molecular flexibility index (Phi) is 14.7. The number of ether oxygens (including phenoxy) is 1. The molecule has 2 saturated heterocycles. The molecule has 13 nitrogen and oxygen atoms in total. The summed E-state index contributed by atoms with van der Waals surface area (Å²) in [6.45, 7) is 14.8. The van der Waals surface area contributed by atoms with Crippen LogP contribution in [0.2, 0.25) is 5.02 Å². The van der Waals surface area contributed by atoms with Crippen LogP contribution in [0.1, 0.15) is 123 Å². The Morgan fingerprint density at radius 2 is 1.65 bits per heavy atom. The fourth-order valence-electron chi connectivity index (χ4n) is 10.4. The summed E-state index contributed by atoms with van der Waals surface area (Å²) in [6, 6.07) is 21.2. The monoisotopic (exact) mass is 938 g/mol. The summed E-state index contributed by atoms with van der Waals surface area (Å²) in [5.74, 6) is 8.26. The van der Waals surface area contributed by atoms with Gasteiger partial charge in [-0.3, -0.25) is 19.2 Å². The standard InChI is InChI=1S/C54H59ClN6O7/c1-9-34-12-16-37(17-13-34)43(57-49(65)44-27-40(62)31-61(44)50(66)47(32(2)3)45-26-33(4)59-68-45)29-46(63)60-24-22-36(23-25-60)11-10-35-14-18-38(19-15-35)48(64)58-51-53(5,6)52(54(51,7)8)67-41-21-20-39(30-56)42(55)28-41/h1,12-21,26,28,32,36,40,43-44,47,51-52,62H,22-25,27,29,31H2,2-8H3,(H,57,65)(H,58,64). The lowest BCUT2D eigenvalue weighted by molar-refractivity contribution is -0.164. The molecule has 1 aliphatic carbocycles. The van der Waals surface area contributed by atoms with Crippen molar-refractivity contribution in [2.75, 3.05) is 19.6 Å². The zero-order chi connectivity index (χ0) is 49.1. The van der Waals surface area contributed by atoms with Gasteiger partial charge in [-0.2, -0.15) is 5.26 Å². The molecule has 4 amide bonds. The van der Waals surface area contributed by atoms with E-state index in [4.69, 9.17) is 27.3 Å². The first-order chi connectivity index (χ1) is 32.3. The summed E-state index contributed by atoms with van der Waals surface area (Å²) in [7, 11) is 0. The molecular formula is C54H59ClN6O7. The lowest BCUT2D eigenvalue weighted by atomic mass is 9.49. The lowest BCUT2D eigenvalue weighted by Gasteiger charge is -2.63. The van der Waals surface area contributed by atoms with Gasteiger partial charge >= 0.3 is 0 Å². The number of nitrogens with zero attached hydrogens (tertiary/aromatic N) is 4. The van der Waals surface area contributed by atoms with Crippen molar-refractivity contribution in [1.82, 2.24) is 25.6 Å². The van der Waals surface area contributed by atoms with Gasteiger partial charge in [0.15, 0.2) is 0 Å². The van der Waals surface area contributed by atoms with Gasteiger partial charge in [-0.05, 0) is 79.8 Å². The summed E-state index contributed by atoms with van der Waals surface area (Å²) < 4.78 is 11.9. The first-order valence-electron chi connectivity index (χ1n) is 23.2. The molecule has 0 radical (unpaired) electrons. The number of halogens is 1. The molecule has 4 aromatic rings. The molecule has 68 heavy (non-hydrogen) atoms. The van der Waals surface area contributed by atoms with Crippen molar-refractivity contribution in [3.63, 3.8) is 0 Å². The third kappa shape index (κ3) is 10.6. The Morgan fingerprint density at radius 3 is 2.24 bits per heavy atom. The number of rotatable bonds is 12. The minimum Gasteiger partial charge on any atom is -0.489 e. The normalized spacial score (nSPS) is 21.5. The van der Waals surface area contributed by atoms with Crippen LogP contribution in [-0.2, 0) is 14.4 Å². The summed E-state index contributed by atoms with van der Waals surface area (Å²) in [5, 5.41) is 30.5. The Bertz CT molecular complexity index is 2660. The molecule has 7 rings (SSSR count). The average Bonchev–Trinajstić information content (AvgIpc) is 3.93. The van der Waals surface area contributed by atoms with Crippen molar-refractivity contribution in [2.45, 2.75) is 110 Å². The van der Waals surface area contributed by atoms with E-state index < -0.39 is 40.8 Å². The number of benzene rings is 3. The van der Waals surface area contributed by atoms with Gasteiger partial charge in [-0.15, -0.1) is 6.42 Å². The Labute approximate surface area is 403 Å². The summed E-state index contributed by atoms with van der Waals surface area (Å²) in [6.07, 6.45) is 5.86. The van der Waals surface area contributed by atoms with E-state index in [2.05, 4.69) is 67.3 Å². The Balaban J connectivity index is 0.939. The van der Waals surface area contributed by atoms with Crippen molar-refractivity contribution in [1.29, 1.82) is 5.26 Å². The van der Waals surface area contributed by atoms with Crippen LogP contribution in [0.25, 0.3) is 0 Å². The number of nitrogens with one attached hydrogen (secondary N) is 2. The highest BCUT2D eigenvalue weighted by Gasteiger charge is 2.64. The lowest BCUT2D eigenvalue weighted by Crippen LogP contribution is -2.74. The van der Waals surface area contributed by atoms with Crippen LogP contribution in [0.3, 0.4) is 0 Å². The van der Waals surface area contributed by atoms with E-state index in [1.807, 2.05) is 26.0 Å². The maximum Gasteiger partial charge on any atom is 0.251 e. The zero-order valence-electron chi connectivity index (χ0n) is 39.6. The molecule has 3 aromatic carbocycles. The number of terminal acetylenes is 1. The summed E-state index contributed by atoms with van der Waals surface area (Å²) >= 11 is 6.25. The molecule has 354 valence electrons. The van der Waals surface area contributed by atoms with Crippen molar-refractivity contribution in [3.8, 4) is 36.0 Å². The maximum atomic E-state index is 14.1. The van der Waals surface area contributed by atoms with Crippen LogP contribution in [-0.4, -0.2) is 87.6 Å². The number of aromatic nitrogens is 1. The van der Waals surface area contributed by atoms with E-state index in [-0.39, 0.29) is 61.1 Å². The van der Waals surface area contributed by atoms with E-state index in [0.717, 1.165) is 5.56 Å². The Hall–Kier alpha value is -6.59. The van der Waals surface area contributed by atoms with Gasteiger partial charge in [0.2, 0.25) is 17.7 Å². The van der Waals surface area contributed by atoms with Gasteiger partial charge < -0.3 is 34.8 Å². The number of aliphatic hydroxyl groups excluding tert-OH is 1. The molecule has 4 atom stereocenters. The second-order valence-electron chi connectivity index (χ2n) is 19.8. The highest BCUT2D eigenvalue weighted by atomic mass is 35.5. The number of β-amino-alcohol motifs (C(OH)–C–C–N with tert-alkyl or cyclic N) is 1. The highest BCUT2D eigenvalue weighted by molar-refractivity contribution is 6.31. The molecule has 1 saturated carbocycles. The van der Waals surface area contributed by atoms with Gasteiger partial charge in [0.25, 0.3) is 5.91 Å². The predicted molar refractivity (Wildman–Crippen MR) is 257 cm³/mol. The van der Waals surface area contributed by atoms with E-state index in [9.17, 15) is 29.5 Å². The Morgan fingerprint density at radius 1 is 0.985 bits per heavy atom. The summed E-state index contributed by atoms with van der Waals surface area (Å²) in [4.78, 5) is 58.8. The third-order valence-electron chi connectivity index (χ3n) is 13.8. The third-order valence-corrected chi connectivity index (χ3v) is 14.1. The van der Waals surface area contributed by atoms with Crippen molar-refractivity contribution in [2.24, 2.45) is 22.7 Å². The molecule has 3 aliphatic rings. The first-order valence-corrected chi connectivity index (χ1v) is 23.5. The average molecular weight is 940 g/mol. The molecule has 3 N–H and O–H groups in total. The molecule has 4 unspecified atom stereocenters. The smallest absolute Gasteiger partial charge is 0.251 e. The minimum absolute atomic E-state index is 0.00996. The second-order valence-corrected chi connectivity index (χ2v) is 20.2. The zero-order valence-corrected chi connectivity index (χ0v) is 40.4. The van der Waals surface area contributed by atoms with E-state index >= 15 is 0 Å². The number of likely N-dealkylation sites (tertiary alicyclic amines) is 2. The van der Waals surface area contributed by atoms with Crippen LogP contribution < -0.4 is 15.4 Å². The summed E-state index contributed by atoms with van der Waals surface area (Å²) in [5.41, 5.74) is 2.84. The predicted octanol–water partition coefficient (Wildman–Crippen LogP) is 7.34.